The Morgan fingerprint density at radius 2 is 2.42 bits per heavy atom. The molecular weight excluding hydrogens is 200 g/mol. The van der Waals surface area contributed by atoms with Crippen molar-refractivity contribution in [1.82, 2.24) is 9.97 Å². The molecule has 0 aliphatic carbocycles. The molecule has 0 saturated carbocycles. The van der Waals surface area contributed by atoms with Crippen molar-refractivity contribution in [3.63, 3.8) is 0 Å². The fourth-order valence-corrected chi connectivity index (χ4v) is 2.14. The topological polar surface area (TPSA) is 62.8 Å². The van der Waals surface area contributed by atoms with Gasteiger partial charge in [-0.3, -0.25) is 0 Å². The van der Waals surface area contributed by atoms with Crippen LogP contribution in [0.5, 0.6) is 0 Å². The number of aromatic nitrogens is 2. The maximum absolute atomic E-state index is 11.3. The van der Waals surface area contributed by atoms with Crippen LogP contribution in [-0.2, 0) is 9.84 Å². The molecule has 0 spiro atoms. The van der Waals surface area contributed by atoms with Crippen molar-refractivity contribution in [2.75, 3.05) is 5.75 Å². The quantitative estimate of drug-likeness (QED) is 0.801. The standard InChI is InChI=1S/C6H7ClN2O2S/c1-5(7)4-12(10,11)6-8-2-3-9-6/h2-3H,1,4H2,(H,8,9). The molecule has 66 valence electrons. The zero-order chi connectivity index (χ0) is 9.19. The molecule has 12 heavy (non-hydrogen) atoms. The molecule has 1 rings (SSSR count). The molecule has 0 saturated heterocycles. The van der Waals surface area contributed by atoms with Gasteiger partial charge in [0, 0.05) is 17.4 Å². The van der Waals surface area contributed by atoms with Crippen LogP contribution < -0.4 is 0 Å². The molecule has 4 nitrogen and oxygen atoms in total. The van der Waals surface area contributed by atoms with Crippen LogP contribution in [0.25, 0.3) is 0 Å². The number of hydrogen-bond acceptors (Lipinski definition) is 3. The molecule has 1 aromatic heterocycles. The van der Waals surface area contributed by atoms with Crippen LogP contribution in [0, 0.1) is 0 Å². The van der Waals surface area contributed by atoms with E-state index in [9.17, 15) is 8.42 Å². The van der Waals surface area contributed by atoms with Gasteiger partial charge in [-0.1, -0.05) is 18.2 Å². The molecule has 0 bridgehead atoms. The first-order valence-corrected chi connectivity index (χ1v) is 5.11. The summed E-state index contributed by atoms with van der Waals surface area (Å²) in [5.74, 6) is -0.290. The van der Waals surface area contributed by atoms with Crippen LogP contribution in [-0.4, -0.2) is 24.1 Å². The van der Waals surface area contributed by atoms with E-state index in [-0.39, 0.29) is 15.9 Å². The van der Waals surface area contributed by atoms with Crippen LogP contribution in [0.4, 0.5) is 0 Å². The fraction of sp³-hybridized carbons (Fsp3) is 0.167. The van der Waals surface area contributed by atoms with E-state index < -0.39 is 9.84 Å². The Bertz CT molecular complexity index is 368. The summed E-state index contributed by atoms with van der Waals surface area (Å²) >= 11 is 5.36. The van der Waals surface area contributed by atoms with Crippen molar-refractivity contribution in [3.8, 4) is 0 Å². The van der Waals surface area contributed by atoms with Crippen LogP contribution in [0.15, 0.2) is 29.2 Å². The summed E-state index contributed by atoms with van der Waals surface area (Å²) in [4.78, 5) is 6.08. The van der Waals surface area contributed by atoms with E-state index in [0.717, 1.165) is 0 Å². The molecule has 1 N–H and O–H groups in total. The lowest BCUT2D eigenvalue weighted by molar-refractivity contribution is 0.591. The van der Waals surface area contributed by atoms with Crippen molar-refractivity contribution in [2.24, 2.45) is 0 Å². The highest BCUT2D eigenvalue weighted by Crippen LogP contribution is 2.09. The van der Waals surface area contributed by atoms with E-state index in [2.05, 4.69) is 16.5 Å². The highest BCUT2D eigenvalue weighted by atomic mass is 35.5. The van der Waals surface area contributed by atoms with Gasteiger partial charge in [0.2, 0.25) is 15.0 Å². The maximum Gasteiger partial charge on any atom is 0.225 e. The fourth-order valence-electron chi connectivity index (χ4n) is 0.695. The van der Waals surface area contributed by atoms with Gasteiger partial charge in [-0.25, -0.2) is 13.4 Å². The number of rotatable bonds is 3. The lowest BCUT2D eigenvalue weighted by Crippen LogP contribution is -2.08. The largest absolute Gasteiger partial charge is 0.336 e. The second kappa shape index (κ2) is 3.28. The van der Waals surface area contributed by atoms with Gasteiger partial charge in [0.25, 0.3) is 0 Å². The average molecular weight is 207 g/mol. The van der Waals surface area contributed by atoms with E-state index >= 15 is 0 Å². The van der Waals surface area contributed by atoms with Crippen molar-refractivity contribution in [1.29, 1.82) is 0 Å². The minimum absolute atomic E-state index is 0.0754. The summed E-state index contributed by atoms with van der Waals surface area (Å²) in [6, 6.07) is 0. The first-order chi connectivity index (χ1) is 5.52. The van der Waals surface area contributed by atoms with E-state index in [1.54, 1.807) is 0 Å². The van der Waals surface area contributed by atoms with E-state index in [1.165, 1.54) is 12.4 Å². The van der Waals surface area contributed by atoms with Gasteiger partial charge in [-0.15, -0.1) is 0 Å². The predicted molar refractivity (Wildman–Crippen MR) is 45.6 cm³/mol. The Hall–Kier alpha value is -0.810. The molecule has 0 fully saturated rings. The highest BCUT2D eigenvalue weighted by molar-refractivity contribution is 7.91. The van der Waals surface area contributed by atoms with Crippen LogP contribution in [0.2, 0.25) is 0 Å². The summed E-state index contributed by atoms with van der Waals surface area (Å²) in [6.45, 7) is 3.29. The van der Waals surface area contributed by atoms with E-state index in [1.807, 2.05) is 0 Å². The Labute approximate surface area is 75.2 Å². The normalized spacial score (nSPS) is 11.4. The summed E-state index contributed by atoms with van der Waals surface area (Å²) in [5.41, 5.74) is 0. The van der Waals surface area contributed by atoms with Gasteiger partial charge in [0.05, 0.1) is 5.75 Å². The molecular formula is C6H7ClN2O2S. The summed E-state index contributed by atoms with van der Waals surface area (Å²) in [6.07, 6.45) is 2.80. The second-order valence-corrected chi connectivity index (χ2v) is 4.61. The Balaban J connectivity index is 2.96. The molecule has 0 atom stereocenters. The number of nitrogens with one attached hydrogen (secondary N) is 1. The molecule has 0 aromatic carbocycles. The minimum Gasteiger partial charge on any atom is -0.336 e. The lowest BCUT2D eigenvalue weighted by atomic mass is 10.7. The molecule has 0 aliphatic heterocycles. The van der Waals surface area contributed by atoms with Crippen LogP contribution in [0.1, 0.15) is 0 Å². The molecule has 6 heteroatoms. The summed E-state index contributed by atoms with van der Waals surface area (Å²) in [5, 5.41) is -0.00398. The van der Waals surface area contributed by atoms with Crippen LogP contribution >= 0.6 is 11.6 Å². The van der Waals surface area contributed by atoms with Gasteiger partial charge in [-0.2, -0.15) is 0 Å². The second-order valence-electron chi connectivity index (χ2n) is 2.17. The van der Waals surface area contributed by atoms with Gasteiger partial charge in [0.15, 0.2) is 0 Å². The highest BCUT2D eigenvalue weighted by Gasteiger charge is 2.17. The SMILES string of the molecule is C=C(Cl)CS(=O)(=O)c1ncc[nH]1. The number of halogens is 1. The summed E-state index contributed by atoms with van der Waals surface area (Å²) < 4.78 is 22.5. The zero-order valence-electron chi connectivity index (χ0n) is 6.12. The van der Waals surface area contributed by atoms with Crippen LogP contribution in [0.3, 0.4) is 0 Å². The molecule has 0 radical (unpaired) electrons. The Morgan fingerprint density at radius 3 is 2.83 bits per heavy atom. The molecule has 0 amide bonds. The third kappa shape index (κ3) is 2.09. The number of H-pyrrole nitrogens is 1. The number of aromatic amines is 1. The van der Waals surface area contributed by atoms with Crippen molar-refractivity contribution < 1.29 is 8.42 Å². The third-order valence-electron chi connectivity index (χ3n) is 1.11. The smallest absolute Gasteiger partial charge is 0.225 e. The number of nitrogens with zero attached hydrogens (tertiary/aromatic N) is 1. The Kier molecular flexibility index (Phi) is 2.54. The maximum atomic E-state index is 11.3. The van der Waals surface area contributed by atoms with Gasteiger partial charge in [0.1, 0.15) is 0 Å². The van der Waals surface area contributed by atoms with Gasteiger partial charge in [-0.05, 0) is 0 Å². The number of hydrogen-bond donors (Lipinski definition) is 1. The van der Waals surface area contributed by atoms with E-state index in [4.69, 9.17) is 11.6 Å². The molecule has 1 heterocycles. The van der Waals surface area contributed by atoms with Crippen molar-refractivity contribution in [2.45, 2.75) is 5.16 Å². The average Bonchev–Trinajstić information content (AvgIpc) is 2.32. The minimum atomic E-state index is -3.41. The number of sulfone groups is 1. The first kappa shape index (κ1) is 9.28. The first-order valence-electron chi connectivity index (χ1n) is 3.08. The van der Waals surface area contributed by atoms with Crippen molar-refractivity contribution in [3.05, 3.63) is 24.0 Å². The van der Waals surface area contributed by atoms with Crippen molar-refractivity contribution >= 4 is 21.4 Å². The summed E-state index contributed by atoms with van der Waals surface area (Å²) in [7, 11) is -3.41. The molecule has 1 aromatic rings. The molecule has 0 unspecified atom stereocenters. The van der Waals surface area contributed by atoms with E-state index in [0.29, 0.717) is 0 Å². The monoisotopic (exact) mass is 206 g/mol. The van der Waals surface area contributed by atoms with Gasteiger partial charge < -0.3 is 4.98 Å². The molecule has 0 aliphatic rings. The Morgan fingerprint density at radius 1 is 1.75 bits per heavy atom. The lowest BCUT2D eigenvalue weighted by Gasteiger charge is -1.96. The zero-order valence-corrected chi connectivity index (χ0v) is 7.69. The third-order valence-corrected chi connectivity index (χ3v) is 2.95. The number of imidazole rings is 1. The van der Waals surface area contributed by atoms with Gasteiger partial charge >= 0.3 is 0 Å². The predicted octanol–water partition coefficient (Wildman–Crippen LogP) is 0.936.